The van der Waals surface area contributed by atoms with Crippen LogP contribution in [0.3, 0.4) is 0 Å². The molecule has 0 spiro atoms. The molecule has 0 unspecified atom stereocenters. The third-order valence-corrected chi connectivity index (χ3v) is 3.25. The van der Waals surface area contributed by atoms with Crippen LogP contribution in [0.1, 0.15) is 15.9 Å². The fraction of sp³-hybridized carbons (Fsp3) is 0.125. The summed E-state index contributed by atoms with van der Waals surface area (Å²) < 4.78 is 5.08. The van der Waals surface area contributed by atoms with Crippen molar-refractivity contribution in [1.29, 1.82) is 0 Å². The van der Waals surface area contributed by atoms with Crippen molar-refractivity contribution in [2.24, 2.45) is 0 Å². The zero-order chi connectivity index (χ0) is 16.8. The number of methoxy groups -OCH3 is 1. The first-order valence-corrected chi connectivity index (χ1v) is 7.08. The minimum atomic E-state index is -0.663. The molecule has 6 nitrogen and oxygen atoms in total. The van der Waals surface area contributed by atoms with Gasteiger partial charge >= 0.3 is 0 Å². The predicted molar refractivity (Wildman–Crippen MR) is 85.4 cm³/mol. The summed E-state index contributed by atoms with van der Waals surface area (Å²) in [6.45, 7) is 0. The van der Waals surface area contributed by atoms with Crippen LogP contribution >= 0.6 is 11.6 Å². The summed E-state index contributed by atoms with van der Waals surface area (Å²) in [6.07, 6.45) is 0.0685. The van der Waals surface area contributed by atoms with Crippen molar-refractivity contribution in [1.82, 2.24) is 10.9 Å². The second-order valence-corrected chi connectivity index (χ2v) is 5.13. The number of aromatic hydroxyl groups is 1. The van der Waals surface area contributed by atoms with E-state index in [1.165, 1.54) is 25.3 Å². The Balaban J connectivity index is 1.93. The number of ether oxygens (including phenoxy) is 1. The van der Waals surface area contributed by atoms with Crippen molar-refractivity contribution < 1.29 is 19.4 Å². The molecule has 120 valence electrons. The number of carbonyl (C=O) groups is 2. The molecule has 0 aromatic heterocycles. The van der Waals surface area contributed by atoms with Crippen LogP contribution in [0.15, 0.2) is 42.5 Å². The van der Waals surface area contributed by atoms with Crippen LogP contribution in [0.5, 0.6) is 11.5 Å². The molecule has 2 rings (SSSR count). The van der Waals surface area contributed by atoms with Gasteiger partial charge in [-0.3, -0.25) is 20.4 Å². The highest BCUT2D eigenvalue weighted by molar-refractivity contribution is 6.31. The minimum absolute atomic E-state index is 0.0285. The summed E-state index contributed by atoms with van der Waals surface area (Å²) in [6, 6.07) is 11.1. The van der Waals surface area contributed by atoms with Gasteiger partial charge in [0.15, 0.2) is 0 Å². The average Bonchev–Trinajstić information content (AvgIpc) is 2.55. The number of amides is 2. The fourth-order valence-electron chi connectivity index (χ4n) is 1.90. The van der Waals surface area contributed by atoms with E-state index in [-0.39, 0.29) is 17.7 Å². The van der Waals surface area contributed by atoms with E-state index in [1.807, 2.05) is 0 Å². The van der Waals surface area contributed by atoms with Crippen LogP contribution < -0.4 is 15.6 Å². The molecule has 2 aromatic carbocycles. The number of halogens is 1. The first-order chi connectivity index (χ1) is 11.0. The van der Waals surface area contributed by atoms with Crippen LogP contribution in [-0.4, -0.2) is 24.0 Å². The van der Waals surface area contributed by atoms with Crippen LogP contribution in [0, 0.1) is 0 Å². The Morgan fingerprint density at radius 1 is 1.17 bits per heavy atom. The molecule has 0 heterocycles. The third-order valence-electron chi connectivity index (χ3n) is 3.02. The van der Waals surface area contributed by atoms with Gasteiger partial charge in [0.2, 0.25) is 5.91 Å². The second kappa shape index (κ2) is 7.51. The Kier molecular flexibility index (Phi) is 5.43. The summed E-state index contributed by atoms with van der Waals surface area (Å²) in [7, 11) is 1.54. The van der Waals surface area contributed by atoms with E-state index in [1.54, 1.807) is 24.3 Å². The SMILES string of the molecule is COc1cccc(CC(=O)NNC(=O)c2cc(Cl)ccc2O)c1. The molecule has 3 N–H and O–H groups in total. The van der Waals surface area contributed by atoms with Gasteiger partial charge in [-0.2, -0.15) is 0 Å². The molecule has 0 saturated heterocycles. The van der Waals surface area contributed by atoms with E-state index >= 15 is 0 Å². The summed E-state index contributed by atoms with van der Waals surface area (Å²) >= 11 is 5.77. The second-order valence-electron chi connectivity index (χ2n) is 4.69. The van der Waals surface area contributed by atoms with Gasteiger partial charge in [0.05, 0.1) is 19.1 Å². The van der Waals surface area contributed by atoms with Crippen molar-refractivity contribution in [2.75, 3.05) is 7.11 Å². The van der Waals surface area contributed by atoms with Gasteiger partial charge in [-0.1, -0.05) is 23.7 Å². The van der Waals surface area contributed by atoms with Crippen molar-refractivity contribution in [3.8, 4) is 11.5 Å². The largest absolute Gasteiger partial charge is 0.507 e. The number of hydrogen-bond acceptors (Lipinski definition) is 4. The summed E-state index contributed by atoms with van der Waals surface area (Å²) in [5, 5.41) is 9.92. The topological polar surface area (TPSA) is 87.7 Å². The molecule has 0 atom stereocenters. The van der Waals surface area contributed by atoms with E-state index in [0.29, 0.717) is 10.8 Å². The van der Waals surface area contributed by atoms with E-state index in [2.05, 4.69) is 10.9 Å². The maximum absolute atomic E-state index is 11.9. The Morgan fingerprint density at radius 3 is 2.70 bits per heavy atom. The number of hydrogen-bond donors (Lipinski definition) is 3. The fourth-order valence-corrected chi connectivity index (χ4v) is 2.07. The molecule has 0 bridgehead atoms. The summed E-state index contributed by atoms with van der Waals surface area (Å²) in [5.74, 6) is -0.658. The quantitative estimate of drug-likeness (QED) is 0.747. The minimum Gasteiger partial charge on any atom is -0.507 e. The molecule has 0 fully saturated rings. The van der Waals surface area contributed by atoms with E-state index in [4.69, 9.17) is 16.3 Å². The third kappa shape index (κ3) is 4.62. The number of nitrogens with one attached hydrogen (secondary N) is 2. The highest BCUT2D eigenvalue weighted by atomic mass is 35.5. The lowest BCUT2D eigenvalue weighted by molar-refractivity contribution is -0.121. The number of carbonyl (C=O) groups excluding carboxylic acids is 2. The first kappa shape index (κ1) is 16.6. The molecule has 0 saturated carbocycles. The van der Waals surface area contributed by atoms with Crippen LogP contribution in [0.25, 0.3) is 0 Å². The molecule has 0 radical (unpaired) electrons. The number of hydrazine groups is 1. The number of benzene rings is 2. The van der Waals surface area contributed by atoms with Gasteiger partial charge in [0.1, 0.15) is 11.5 Å². The number of phenolic OH excluding ortho intramolecular Hbond substituents is 1. The molecule has 7 heteroatoms. The monoisotopic (exact) mass is 334 g/mol. The molecule has 2 amide bonds. The maximum Gasteiger partial charge on any atom is 0.273 e. The van der Waals surface area contributed by atoms with Gasteiger partial charge in [-0.05, 0) is 35.9 Å². The zero-order valence-electron chi connectivity index (χ0n) is 12.3. The highest BCUT2D eigenvalue weighted by Gasteiger charge is 2.13. The lowest BCUT2D eigenvalue weighted by atomic mass is 10.1. The molecule has 0 aliphatic heterocycles. The number of phenols is 1. The van der Waals surface area contributed by atoms with Crippen LogP contribution in [0.2, 0.25) is 5.02 Å². The van der Waals surface area contributed by atoms with Crippen molar-refractivity contribution in [3.05, 3.63) is 58.6 Å². The maximum atomic E-state index is 11.9. The van der Waals surface area contributed by atoms with Crippen molar-refractivity contribution in [2.45, 2.75) is 6.42 Å². The molecule has 0 aliphatic rings. The smallest absolute Gasteiger partial charge is 0.273 e. The lowest BCUT2D eigenvalue weighted by Crippen LogP contribution is -2.42. The van der Waals surface area contributed by atoms with Crippen molar-refractivity contribution >= 4 is 23.4 Å². The van der Waals surface area contributed by atoms with Gasteiger partial charge in [0, 0.05) is 5.02 Å². The molecule has 2 aromatic rings. The standard InChI is InChI=1S/C16H15ClN2O4/c1-23-12-4-2-3-10(7-12)8-15(21)18-19-16(22)13-9-11(17)5-6-14(13)20/h2-7,9,20H,8H2,1H3,(H,18,21)(H,19,22). The van der Waals surface area contributed by atoms with E-state index < -0.39 is 11.8 Å². The van der Waals surface area contributed by atoms with Gasteiger partial charge in [0.25, 0.3) is 5.91 Å². The Hall–Kier alpha value is -2.73. The molecular weight excluding hydrogens is 320 g/mol. The first-order valence-electron chi connectivity index (χ1n) is 6.70. The molecular formula is C16H15ClN2O4. The summed E-state index contributed by atoms with van der Waals surface area (Å²) in [5.41, 5.74) is 5.22. The Labute approximate surface area is 138 Å². The van der Waals surface area contributed by atoms with Gasteiger partial charge < -0.3 is 9.84 Å². The van der Waals surface area contributed by atoms with E-state index in [0.717, 1.165) is 5.56 Å². The Bertz CT molecular complexity index is 734. The Morgan fingerprint density at radius 2 is 1.96 bits per heavy atom. The van der Waals surface area contributed by atoms with Gasteiger partial charge in [-0.25, -0.2) is 0 Å². The van der Waals surface area contributed by atoms with Crippen LogP contribution in [0.4, 0.5) is 0 Å². The number of rotatable bonds is 4. The highest BCUT2D eigenvalue weighted by Crippen LogP contribution is 2.21. The van der Waals surface area contributed by atoms with Crippen LogP contribution in [-0.2, 0) is 11.2 Å². The predicted octanol–water partition coefficient (Wildman–Crippen LogP) is 2.06. The average molecular weight is 335 g/mol. The zero-order valence-corrected chi connectivity index (χ0v) is 13.1. The van der Waals surface area contributed by atoms with Gasteiger partial charge in [-0.15, -0.1) is 0 Å². The molecule has 0 aliphatic carbocycles. The normalized spacial score (nSPS) is 10.0. The molecule has 23 heavy (non-hydrogen) atoms. The summed E-state index contributed by atoms with van der Waals surface area (Å²) in [4.78, 5) is 23.8. The lowest BCUT2D eigenvalue weighted by Gasteiger charge is -2.09. The van der Waals surface area contributed by atoms with Crippen molar-refractivity contribution in [3.63, 3.8) is 0 Å². The van der Waals surface area contributed by atoms with E-state index in [9.17, 15) is 14.7 Å².